The normalized spacial score (nSPS) is 14.9. The molecule has 2 nitrogen and oxygen atoms in total. The minimum Gasteiger partial charge on any atom is -0.366 e. The van der Waals surface area contributed by atoms with E-state index in [4.69, 9.17) is 0 Å². The summed E-state index contributed by atoms with van der Waals surface area (Å²) in [6.45, 7) is 6.59. The number of benzene rings is 1. The molecule has 0 heterocycles. The van der Waals surface area contributed by atoms with Gasteiger partial charge in [0.1, 0.15) is 5.82 Å². The number of hydrogen-bond donors (Lipinski definition) is 0. The standard InChI is InChI=1S/C15H20FNO/c1-10(2)9-17(13-5-6-13)15-7-4-12(11(3)18)8-14(15)16/h4,7-8,10,13H,5-6,9H2,1-3H3. The Morgan fingerprint density at radius 3 is 2.56 bits per heavy atom. The smallest absolute Gasteiger partial charge is 0.159 e. The second kappa shape index (κ2) is 5.09. The minimum atomic E-state index is -0.282. The van der Waals surface area contributed by atoms with Crippen molar-refractivity contribution in [1.82, 2.24) is 0 Å². The van der Waals surface area contributed by atoms with E-state index in [0.717, 1.165) is 19.4 Å². The highest BCUT2D eigenvalue weighted by atomic mass is 19.1. The zero-order valence-corrected chi connectivity index (χ0v) is 11.2. The molecule has 1 aromatic carbocycles. The van der Waals surface area contributed by atoms with Crippen LogP contribution in [-0.4, -0.2) is 18.4 Å². The lowest BCUT2D eigenvalue weighted by atomic mass is 10.1. The average molecular weight is 249 g/mol. The summed E-state index contributed by atoms with van der Waals surface area (Å²) in [6, 6.07) is 5.29. The van der Waals surface area contributed by atoms with E-state index >= 15 is 0 Å². The lowest BCUT2D eigenvalue weighted by Gasteiger charge is -2.27. The molecule has 1 aliphatic carbocycles. The Morgan fingerprint density at radius 2 is 2.11 bits per heavy atom. The predicted octanol–water partition coefficient (Wildman–Crippen LogP) is 3.65. The largest absolute Gasteiger partial charge is 0.366 e. The molecule has 0 spiro atoms. The van der Waals surface area contributed by atoms with Crippen molar-refractivity contribution < 1.29 is 9.18 Å². The first-order valence-corrected chi connectivity index (χ1v) is 6.56. The number of anilines is 1. The molecule has 1 aromatic rings. The molecule has 0 saturated heterocycles. The summed E-state index contributed by atoms with van der Waals surface area (Å²) in [4.78, 5) is 13.4. The van der Waals surface area contributed by atoms with Crippen molar-refractivity contribution in [3.63, 3.8) is 0 Å². The van der Waals surface area contributed by atoms with Gasteiger partial charge in [0.2, 0.25) is 0 Å². The molecule has 3 heteroatoms. The van der Waals surface area contributed by atoms with E-state index in [1.165, 1.54) is 13.0 Å². The predicted molar refractivity (Wildman–Crippen MR) is 71.6 cm³/mol. The zero-order valence-electron chi connectivity index (χ0n) is 11.2. The van der Waals surface area contributed by atoms with Crippen molar-refractivity contribution in [2.75, 3.05) is 11.4 Å². The van der Waals surface area contributed by atoms with Crippen LogP contribution in [0.2, 0.25) is 0 Å². The summed E-state index contributed by atoms with van der Waals surface area (Å²) >= 11 is 0. The molecule has 0 N–H and O–H groups in total. The van der Waals surface area contributed by atoms with Crippen LogP contribution in [0.25, 0.3) is 0 Å². The molecule has 2 rings (SSSR count). The SMILES string of the molecule is CC(=O)c1ccc(N(CC(C)C)C2CC2)c(F)c1. The number of Topliss-reactive ketones (excluding diaryl/α,β-unsaturated/α-hetero) is 1. The zero-order chi connectivity index (χ0) is 13.3. The van der Waals surface area contributed by atoms with Crippen molar-refractivity contribution in [1.29, 1.82) is 0 Å². The maximum atomic E-state index is 14.1. The molecule has 18 heavy (non-hydrogen) atoms. The number of nitrogens with zero attached hydrogens (tertiary/aromatic N) is 1. The summed E-state index contributed by atoms with van der Waals surface area (Å²) in [5.41, 5.74) is 1.08. The second-order valence-corrected chi connectivity index (χ2v) is 5.50. The van der Waals surface area contributed by atoms with Gasteiger partial charge in [0.05, 0.1) is 5.69 Å². The van der Waals surface area contributed by atoms with E-state index in [9.17, 15) is 9.18 Å². The summed E-state index contributed by atoms with van der Waals surface area (Å²) < 4.78 is 14.1. The Balaban J connectivity index is 2.27. The summed E-state index contributed by atoms with van der Waals surface area (Å²) in [5, 5.41) is 0. The van der Waals surface area contributed by atoms with E-state index in [-0.39, 0.29) is 11.6 Å². The molecular formula is C15H20FNO. The van der Waals surface area contributed by atoms with E-state index in [1.807, 2.05) is 0 Å². The van der Waals surface area contributed by atoms with Gasteiger partial charge >= 0.3 is 0 Å². The third-order valence-electron chi connectivity index (χ3n) is 3.21. The minimum absolute atomic E-state index is 0.0951. The third kappa shape index (κ3) is 2.89. The maximum Gasteiger partial charge on any atom is 0.159 e. The first-order valence-electron chi connectivity index (χ1n) is 6.56. The van der Waals surface area contributed by atoms with Crippen molar-refractivity contribution >= 4 is 11.5 Å². The van der Waals surface area contributed by atoms with Crippen molar-refractivity contribution in [3.05, 3.63) is 29.6 Å². The fourth-order valence-corrected chi connectivity index (χ4v) is 2.18. The van der Waals surface area contributed by atoms with Gasteiger partial charge in [-0.05, 0) is 43.9 Å². The van der Waals surface area contributed by atoms with Crippen LogP contribution in [0.1, 0.15) is 44.0 Å². The summed E-state index contributed by atoms with van der Waals surface area (Å²) in [7, 11) is 0. The quantitative estimate of drug-likeness (QED) is 0.742. The van der Waals surface area contributed by atoms with Crippen LogP contribution < -0.4 is 4.90 Å². The topological polar surface area (TPSA) is 20.3 Å². The van der Waals surface area contributed by atoms with Gasteiger partial charge in [-0.15, -0.1) is 0 Å². The van der Waals surface area contributed by atoms with Crippen molar-refractivity contribution in [2.45, 2.75) is 39.7 Å². The van der Waals surface area contributed by atoms with Crippen LogP contribution in [0.4, 0.5) is 10.1 Å². The highest BCUT2D eigenvalue weighted by Gasteiger charge is 2.31. The number of carbonyl (C=O) groups is 1. The van der Waals surface area contributed by atoms with Gasteiger partial charge in [0.25, 0.3) is 0 Å². The van der Waals surface area contributed by atoms with Gasteiger partial charge in [-0.3, -0.25) is 4.79 Å². The van der Waals surface area contributed by atoms with Crippen LogP contribution in [0, 0.1) is 11.7 Å². The third-order valence-corrected chi connectivity index (χ3v) is 3.21. The number of hydrogen-bond acceptors (Lipinski definition) is 2. The van der Waals surface area contributed by atoms with Crippen LogP contribution >= 0.6 is 0 Å². The van der Waals surface area contributed by atoms with Gasteiger partial charge in [-0.25, -0.2) is 4.39 Å². The number of rotatable bonds is 5. The Labute approximate surface area is 108 Å². The van der Waals surface area contributed by atoms with Gasteiger partial charge in [0, 0.05) is 18.2 Å². The molecule has 0 atom stereocenters. The van der Waals surface area contributed by atoms with Gasteiger partial charge in [-0.1, -0.05) is 13.8 Å². The average Bonchev–Trinajstić information content (AvgIpc) is 3.09. The lowest BCUT2D eigenvalue weighted by Crippen LogP contribution is -2.30. The summed E-state index contributed by atoms with van der Waals surface area (Å²) in [5.74, 6) is 0.120. The fourth-order valence-electron chi connectivity index (χ4n) is 2.18. The highest BCUT2D eigenvalue weighted by molar-refractivity contribution is 5.94. The van der Waals surface area contributed by atoms with E-state index in [1.54, 1.807) is 12.1 Å². The molecule has 1 fully saturated rings. The molecule has 98 valence electrons. The second-order valence-electron chi connectivity index (χ2n) is 5.50. The molecule has 1 saturated carbocycles. The fraction of sp³-hybridized carbons (Fsp3) is 0.533. The molecule has 0 unspecified atom stereocenters. The Kier molecular flexibility index (Phi) is 3.69. The van der Waals surface area contributed by atoms with Gasteiger partial charge in [0.15, 0.2) is 5.78 Å². The molecule has 0 radical (unpaired) electrons. The van der Waals surface area contributed by atoms with Crippen molar-refractivity contribution in [2.24, 2.45) is 5.92 Å². The van der Waals surface area contributed by atoms with Crippen LogP contribution in [0.15, 0.2) is 18.2 Å². The van der Waals surface area contributed by atoms with E-state index in [2.05, 4.69) is 18.7 Å². The van der Waals surface area contributed by atoms with E-state index < -0.39 is 0 Å². The van der Waals surface area contributed by atoms with Crippen LogP contribution in [0.3, 0.4) is 0 Å². The number of ketones is 1. The van der Waals surface area contributed by atoms with Crippen LogP contribution in [0.5, 0.6) is 0 Å². The van der Waals surface area contributed by atoms with Gasteiger partial charge < -0.3 is 4.90 Å². The van der Waals surface area contributed by atoms with E-state index in [0.29, 0.717) is 23.2 Å². The molecule has 0 bridgehead atoms. The first kappa shape index (κ1) is 13.1. The maximum absolute atomic E-state index is 14.1. The Bertz CT molecular complexity index is 452. The summed E-state index contributed by atoms with van der Waals surface area (Å²) in [6.07, 6.45) is 2.28. The Morgan fingerprint density at radius 1 is 1.44 bits per heavy atom. The Hall–Kier alpha value is -1.38. The first-order chi connectivity index (χ1) is 8.49. The molecule has 0 aromatic heterocycles. The number of carbonyl (C=O) groups excluding carboxylic acids is 1. The molecule has 0 aliphatic heterocycles. The number of halogens is 1. The molecule has 0 amide bonds. The molecule has 1 aliphatic rings. The molecular weight excluding hydrogens is 229 g/mol. The highest BCUT2D eigenvalue weighted by Crippen LogP contribution is 2.34. The lowest BCUT2D eigenvalue weighted by molar-refractivity contribution is 0.101. The van der Waals surface area contributed by atoms with Crippen molar-refractivity contribution in [3.8, 4) is 0 Å². The van der Waals surface area contributed by atoms with Crippen LogP contribution in [-0.2, 0) is 0 Å². The monoisotopic (exact) mass is 249 g/mol. The van der Waals surface area contributed by atoms with Gasteiger partial charge in [-0.2, -0.15) is 0 Å².